The van der Waals surface area contributed by atoms with E-state index in [9.17, 15) is 0 Å². The summed E-state index contributed by atoms with van der Waals surface area (Å²) in [6.07, 6.45) is 6.93. The molecule has 0 saturated heterocycles. The Morgan fingerprint density at radius 3 is 2.19 bits per heavy atom. The van der Waals surface area contributed by atoms with Crippen molar-refractivity contribution in [3.63, 3.8) is 0 Å². The van der Waals surface area contributed by atoms with Gasteiger partial charge in [-0.05, 0) is 55.8 Å². The molecule has 37 heavy (non-hydrogen) atoms. The number of allylic oxidation sites excluding steroid dienone is 2. The lowest BCUT2D eigenvalue weighted by Gasteiger charge is -2.34. The number of aromatic nitrogens is 1. The van der Waals surface area contributed by atoms with E-state index in [-0.39, 0.29) is 6.61 Å². The van der Waals surface area contributed by atoms with Crippen LogP contribution in [0.25, 0.3) is 5.57 Å². The van der Waals surface area contributed by atoms with Crippen molar-refractivity contribution in [3.8, 4) is 18.1 Å². The van der Waals surface area contributed by atoms with Crippen molar-refractivity contribution in [3.05, 3.63) is 70.2 Å². The molecule has 4 rings (SSSR count). The maximum absolute atomic E-state index is 15.7. The summed E-state index contributed by atoms with van der Waals surface area (Å²) in [4.78, 5) is 0. The molecule has 0 bridgehead atoms. The number of benzene rings is 1. The Balaban J connectivity index is 1.41. The third-order valence-corrected chi connectivity index (χ3v) is 6.50. The quantitative estimate of drug-likeness (QED) is 0.238. The standard InChI is InChI=1S/C28H33BF2N2O4/c1-6-11-34-12-13-35-14-15-36-16-17-37-25-9-7-24(8-10-25)26-27-20(2)18-22(4)32(27)29(30,31)33-23(5)19-21(3)28(26)33/h1,7-10,18-19H,11-17H2,2-5H3. The molecule has 0 amide bonds. The summed E-state index contributed by atoms with van der Waals surface area (Å²) in [6, 6.07) is 9.42. The van der Waals surface area contributed by atoms with Crippen LogP contribution in [0.1, 0.15) is 36.4 Å². The van der Waals surface area contributed by atoms with E-state index in [1.54, 1.807) is 13.8 Å². The Labute approximate surface area is 217 Å². The number of aryl methyl sites for hydroxylation is 2. The van der Waals surface area contributed by atoms with Crippen molar-refractivity contribution in [1.29, 1.82) is 0 Å². The second-order valence-corrected chi connectivity index (χ2v) is 9.19. The van der Waals surface area contributed by atoms with E-state index >= 15 is 8.63 Å². The molecule has 0 atom stereocenters. The summed E-state index contributed by atoms with van der Waals surface area (Å²) in [6.45, 7) is 6.22. The highest BCUT2D eigenvalue weighted by atomic mass is 19.2. The van der Waals surface area contributed by atoms with Gasteiger partial charge in [0.15, 0.2) is 5.70 Å². The van der Waals surface area contributed by atoms with Gasteiger partial charge in [0.1, 0.15) is 24.7 Å². The third-order valence-electron chi connectivity index (χ3n) is 6.50. The van der Waals surface area contributed by atoms with Gasteiger partial charge in [-0.1, -0.05) is 18.1 Å². The van der Waals surface area contributed by atoms with Gasteiger partial charge in [0, 0.05) is 24.3 Å². The Kier molecular flexibility index (Phi) is 8.33. The SMILES string of the molecule is C#CCOCCOCCOCCOc1ccc(C2=C3C(C)=CC(C)=[N+]3[B-](F)(F)n3c(C)cc(C)c32)cc1. The fourth-order valence-corrected chi connectivity index (χ4v) is 5.08. The Bertz CT molecular complexity index is 1290. The first-order valence-electron chi connectivity index (χ1n) is 12.4. The minimum Gasteiger partial charge on any atom is -0.491 e. The van der Waals surface area contributed by atoms with Crippen molar-refractivity contribution < 1.29 is 32.1 Å². The zero-order chi connectivity index (χ0) is 26.6. The van der Waals surface area contributed by atoms with Crippen molar-refractivity contribution >= 4 is 18.3 Å². The van der Waals surface area contributed by atoms with Gasteiger partial charge in [0.05, 0.1) is 38.6 Å². The van der Waals surface area contributed by atoms with E-state index in [1.165, 1.54) is 8.96 Å². The number of rotatable bonds is 12. The molecular weight excluding hydrogens is 477 g/mol. The minimum atomic E-state index is -3.98. The van der Waals surface area contributed by atoms with Crippen LogP contribution in [0.3, 0.4) is 0 Å². The fourth-order valence-electron chi connectivity index (χ4n) is 5.08. The lowest BCUT2D eigenvalue weighted by atomic mass is 9.84. The maximum Gasteiger partial charge on any atom is 0.737 e. The molecule has 1 aromatic carbocycles. The highest BCUT2D eigenvalue weighted by Gasteiger charge is 2.55. The van der Waals surface area contributed by atoms with Crippen molar-refractivity contribution in [2.45, 2.75) is 27.7 Å². The van der Waals surface area contributed by atoms with Crippen LogP contribution in [0, 0.1) is 26.2 Å². The molecule has 2 aliphatic rings. The van der Waals surface area contributed by atoms with Gasteiger partial charge in [-0.2, -0.15) is 0 Å². The first-order valence-corrected chi connectivity index (χ1v) is 12.4. The maximum atomic E-state index is 15.7. The van der Waals surface area contributed by atoms with Gasteiger partial charge in [0.2, 0.25) is 0 Å². The number of ether oxygens (including phenoxy) is 4. The van der Waals surface area contributed by atoms with E-state index in [1.807, 2.05) is 50.3 Å². The van der Waals surface area contributed by atoms with Crippen LogP contribution in [-0.2, 0) is 14.2 Å². The van der Waals surface area contributed by atoms with E-state index in [0.29, 0.717) is 68.2 Å². The Hall–Kier alpha value is -3.19. The molecule has 6 nitrogen and oxygen atoms in total. The monoisotopic (exact) mass is 510 g/mol. The molecule has 2 aliphatic heterocycles. The Morgan fingerprint density at radius 2 is 1.54 bits per heavy atom. The Morgan fingerprint density at radius 1 is 0.919 bits per heavy atom. The first kappa shape index (κ1) is 26.9. The topological polar surface area (TPSA) is 44.9 Å². The zero-order valence-electron chi connectivity index (χ0n) is 21.9. The average molecular weight is 510 g/mol. The highest BCUT2D eigenvalue weighted by Crippen LogP contribution is 2.44. The number of nitrogens with zero attached hydrogens (tertiary/aromatic N) is 2. The molecular formula is C28H33BF2N2O4. The van der Waals surface area contributed by atoms with E-state index in [0.717, 1.165) is 22.3 Å². The summed E-state index contributed by atoms with van der Waals surface area (Å²) in [5, 5.41) is 0. The van der Waals surface area contributed by atoms with Crippen LogP contribution >= 0.6 is 0 Å². The van der Waals surface area contributed by atoms with Gasteiger partial charge >= 0.3 is 6.97 Å². The highest BCUT2D eigenvalue weighted by molar-refractivity contribution is 6.58. The number of terminal acetylenes is 1. The summed E-state index contributed by atoms with van der Waals surface area (Å²) in [5.41, 5.74) is 5.58. The summed E-state index contributed by atoms with van der Waals surface area (Å²) >= 11 is 0. The number of hydrogen-bond donors (Lipinski definition) is 0. The van der Waals surface area contributed by atoms with E-state index in [4.69, 9.17) is 25.4 Å². The second kappa shape index (κ2) is 11.5. The lowest BCUT2D eigenvalue weighted by molar-refractivity contribution is -0.363. The summed E-state index contributed by atoms with van der Waals surface area (Å²) in [7, 11) is 0. The van der Waals surface area contributed by atoms with E-state index < -0.39 is 6.97 Å². The molecule has 2 aromatic rings. The normalized spacial score (nSPS) is 16.0. The molecule has 3 heterocycles. The van der Waals surface area contributed by atoms with Crippen LogP contribution in [0.15, 0.2) is 47.7 Å². The largest absolute Gasteiger partial charge is 0.737 e. The van der Waals surface area contributed by atoms with Gasteiger partial charge < -0.3 is 36.5 Å². The molecule has 1 aromatic heterocycles. The molecule has 0 radical (unpaired) electrons. The first-order chi connectivity index (χ1) is 17.8. The van der Waals surface area contributed by atoms with Crippen molar-refractivity contribution in [1.82, 2.24) is 4.48 Å². The molecule has 9 heteroatoms. The van der Waals surface area contributed by atoms with Crippen LogP contribution in [0.5, 0.6) is 5.75 Å². The van der Waals surface area contributed by atoms with E-state index in [2.05, 4.69) is 5.92 Å². The smallest absolute Gasteiger partial charge is 0.491 e. The predicted molar refractivity (Wildman–Crippen MR) is 141 cm³/mol. The molecule has 0 spiro atoms. The summed E-state index contributed by atoms with van der Waals surface area (Å²) in [5.74, 6) is 3.08. The number of hydrogen-bond acceptors (Lipinski definition) is 4. The number of halogens is 2. The van der Waals surface area contributed by atoms with Gasteiger partial charge in [-0.3, -0.25) is 0 Å². The molecule has 0 aliphatic carbocycles. The molecule has 0 N–H and O–H groups in total. The predicted octanol–water partition coefficient (Wildman–Crippen LogP) is 4.60. The van der Waals surface area contributed by atoms with Crippen LogP contribution < -0.4 is 4.74 Å². The molecule has 196 valence electrons. The third kappa shape index (κ3) is 5.42. The zero-order valence-corrected chi connectivity index (χ0v) is 21.9. The van der Waals surface area contributed by atoms with Crippen LogP contribution in [0.4, 0.5) is 8.63 Å². The van der Waals surface area contributed by atoms with Crippen LogP contribution in [0.2, 0.25) is 0 Å². The summed E-state index contributed by atoms with van der Waals surface area (Å²) < 4.78 is 55.8. The second-order valence-electron chi connectivity index (χ2n) is 9.19. The molecule has 0 unspecified atom stereocenters. The van der Waals surface area contributed by atoms with Crippen LogP contribution in [-0.4, -0.2) is 67.9 Å². The van der Waals surface area contributed by atoms with Gasteiger partial charge in [-0.15, -0.1) is 6.42 Å². The molecule has 0 fully saturated rings. The van der Waals surface area contributed by atoms with Gasteiger partial charge in [0.25, 0.3) is 0 Å². The average Bonchev–Trinajstić information content (AvgIpc) is 3.33. The van der Waals surface area contributed by atoms with Gasteiger partial charge in [-0.25, -0.2) is 0 Å². The lowest BCUT2D eigenvalue weighted by Crippen LogP contribution is -2.51. The minimum absolute atomic E-state index is 0.286. The fraction of sp³-hybridized carbons (Fsp3) is 0.393. The molecule has 0 saturated carbocycles. The van der Waals surface area contributed by atoms with Crippen molar-refractivity contribution in [2.75, 3.05) is 46.2 Å². The van der Waals surface area contributed by atoms with Crippen molar-refractivity contribution in [2.24, 2.45) is 0 Å². The number of fused-ring (bicyclic) bond motifs is 2.